The van der Waals surface area contributed by atoms with E-state index < -0.39 is 0 Å². The third kappa shape index (κ3) is 14.9. The Balaban J connectivity index is 1.27. The van der Waals surface area contributed by atoms with Crippen LogP contribution < -0.4 is 9.47 Å². The molecule has 0 aromatic heterocycles. The van der Waals surface area contributed by atoms with Crippen LogP contribution in [0.15, 0.2) is 97.1 Å². The molecule has 4 aromatic rings. The molecule has 0 saturated carbocycles. The van der Waals surface area contributed by atoms with E-state index >= 15 is 0 Å². The smallest absolute Gasteiger partial charge is 0.337 e. The molecular formula is C45H57NO6S. The number of rotatable bonds is 23. The highest BCUT2D eigenvalue weighted by Gasteiger charge is 2.16. The number of para-hydroxylation sites is 1. The van der Waals surface area contributed by atoms with Gasteiger partial charge in [0, 0.05) is 24.3 Å². The van der Waals surface area contributed by atoms with E-state index in [9.17, 15) is 9.59 Å². The summed E-state index contributed by atoms with van der Waals surface area (Å²) in [6.45, 7) is 10.3. The fourth-order valence-electron chi connectivity index (χ4n) is 5.88. The molecular weight excluding hydrogens is 683 g/mol. The molecule has 0 saturated heterocycles. The molecule has 8 heteroatoms. The van der Waals surface area contributed by atoms with Crippen molar-refractivity contribution in [1.29, 1.82) is 0 Å². The first-order valence-corrected chi connectivity index (χ1v) is 20.0. The first-order valence-electron chi connectivity index (χ1n) is 18.8. The molecule has 0 atom stereocenters. The molecule has 0 amide bonds. The Morgan fingerprint density at radius 2 is 1.38 bits per heavy atom. The summed E-state index contributed by atoms with van der Waals surface area (Å²) in [5.74, 6) is 1.33. The van der Waals surface area contributed by atoms with E-state index in [1.54, 1.807) is 12.1 Å². The van der Waals surface area contributed by atoms with Crippen molar-refractivity contribution in [2.24, 2.45) is 0 Å². The zero-order valence-electron chi connectivity index (χ0n) is 32.2. The lowest BCUT2D eigenvalue weighted by Crippen LogP contribution is -2.27. The predicted molar refractivity (Wildman–Crippen MR) is 216 cm³/mol. The summed E-state index contributed by atoms with van der Waals surface area (Å²) in [6.07, 6.45) is 8.01. The maximum atomic E-state index is 11.9. The number of hydrogen-bond donors (Lipinski definition) is 0. The van der Waals surface area contributed by atoms with Crippen LogP contribution >= 0.6 is 11.8 Å². The average molecular weight is 740 g/mol. The van der Waals surface area contributed by atoms with Crippen LogP contribution in [0, 0.1) is 0 Å². The van der Waals surface area contributed by atoms with E-state index in [2.05, 4.69) is 85.7 Å². The highest BCUT2D eigenvalue weighted by molar-refractivity contribution is 7.99. The molecule has 0 N–H and O–H groups in total. The number of nitrogens with zero attached hydrogens (tertiary/aromatic N) is 1. The Labute approximate surface area is 321 Å². The SMILES string of the molecule is CCOC(=O)CCCCN(CCc1ccccc1OCc1ccc(CCc2ccc(OCCC(C)(C)SC)cc2)cc1)Cc1ccc(C(=O)OC)cc1. The predicted octanol–water partition coefficient (Wildman–Crippen LogP) is 9.53. The number of hydrogen-bond acceptors (Lipinski definition) is 8. The second-order valence-corrected chi connectivity index (χ2v) is 15.4. The third-order valence-corrected chi connectivity index (χ3v) is 10.7. The van der Waals surface area contributed by atoms with Crippen LogP contribution in [0.1, 0.15) is 84.6 Å². The minimum Gasteiger partial charge on any atom is -0.494 e. The van der Waals surface area contributed by atoms with Gasteiger partial charge in [-0.25, -0.2) is 4.79 Å². The van der Waals surface area contributed by atoms with Crippen LogP contribution in [0.4, 0.5) is 0 Å². The molecule has 0 heterocycles. The second kappa shape index (κ2) is 22.1. The van der Waals surface area contributed by atoms with E-state index in [4.69, 9.17) is 18.9 Å². The quantitative estimate of drug-likeness (QED) is 0.0551. The fraction of sp³-hybridized carbons (Fsp3) is 0.422. The molecule has 0 unspecified atom stereocenters. The number of carbonyl (C=O) groups is 2. The van der Waals surface area contributed by atoms with Gasteiger partial charge >= 0.3 is 11.9 Å². The summed E-state index contributed by atoms with van der Waals surface area (Å²) in [6, 6.07) is 33.0. The van der Waals surface area contributed by atoms with Crippen LogP contribution in [-0.4, -0.2) is 61.3 Å². The Hall–Kier alpha value is -4.27. The van der Waals surface area contributed by atoms with Gasteiger partial charge in [-0.05, 0) is 116 Å². The number of esters is 2. The summed E-state index contributed by atoms with van der Waals surface area (Å²) in [5, 5.41) is 0. The first kappa shape index (κ1) is 41.5. The molecule has 0 spiro atoms. The van der Waals surface area contributed by atoms with Crippen molar-refractivity contribution >= 4 is 23.7 Å². The second-order valence-electron chi connectivity index (χ2n) is 13.9. The van der Waals surface area contributed by atoms with Gasteiger partial charge in [-0.1, -0.05) is 80.6 Å². The van der Waals surface area contributed by atoms with Crippen LogP contribution in [0.25, 0.3) is 0 Å². The topological polar surface area (TPSA) is 74.3 Å². The molecule has 0 aliphatic heterocycles. The summed E-state index contributed by atoms with van der Waals surface area (Å²) in [7, 11) is 1.39. The summed E-state index contributed by atoms with van der Waals surface area (Å²) in [5.41, 5.74) is 6.54. The van der Waals surface area contributed by atoms with Crippen LogP contribution in [0.3, 0.4) is 0 Å². The largest absolute Gasteiger partial charge is 0.494 e. The minimum absolute atomic E-state index is 0.146. The highest BCUT2D eigenvalue weighted by atomic mass is 32.2. The van der Waals surface area contributed by atoms with Crippen molar-refractivity contribution in [3.05, 3.63) is 130 Å². The van der Waals surface area contributed by atoms with Gasteiger partial charge in [0.1, 0.15) is 18.1 Å². The van der Waals surface area contributed by atoms with Crippen molar-refractivity contribution < 1.29 is 28.5 Å². The van der Waals surface area contributed by atoms with E-state index in [-0.39, 0.29) is 16.7 Å². The maximum absolute atomic E-state index is 11.9. The Kier molecular flexibility index (Phi) is 17.3. The van der Waals surface area contributed by atoms with Gasteiger partial charge in [0.15, 0.2) is 0 Å². The number of unbranched alkanes of at least 4 members (excludes halogenated alkanes) is 1. The number of thioether (sulfide) groups is 1. The third-order valence-electron chi connectivity index (χ3n) is 9.43. The summed E-state index contributed by atoms with van der Waals surface area (Å²) >= 11 is 1.87. The molecule has 53 heavy (non-hydrogen) atoms. The van der Waals surface area contributed by atoms with Gasteiger partial charge in [-0.2, -0.15) is 11.8 Å². The van der Waals surface area contributed by atoms with Crippen molar-refractivity contribution in [2.45, 2.75) is 83.6 Å². The molecule has 4 aromatic carbocycles. The Morgan fingerprint density at radius 1 is 0.736 bits per heavy atom. The summed E-state index contributed by atoms with van der Waals surface area (Å²) < 4.78 is 22.5. The lowest BCUT2D eigenvalue weighted by Gasteiger charge is -2.23. The van der Waals surface area contributed by atoms with Gasteiger partial charge in [0.2, 0.25) is 0 Å². The normalized spacial score (nSPS) is 11.4. The van der Waals surface area contributed by atoms with Crippen LogP contribution in [0.2, 0.25) is 0 Å². The Bertz CT molecular complexity index is 1670. The number of methoxy groups -OCH3 is 1. The monoisotopic (exact) mass is 739 g/mol. The first-order chi connectivity index (χ1) is 25.7. The van der Waals surface area contributed by atoms with Gasteiger partial charge < -0.3 is 18.9 Å². The van der Waals surface area contributed by atoms with Gasteiger partial charge in [-0.3, -0.25) is 9.69 Å². The van der Waals surface area contributed by atoms with E-state index in [0.717, 1.165) is 93.0 Å². The van der Waals surface area contributed by atoms with E-state index in [0.29, 0.717) is 25.2 Å². The molecule has 0 aliphatic carbocycles. The van der Waals surface area contributed by atoms with E-state index in [1.807, 2.05) is 43.0 Å². The molecule has 7 nitrogen and oxygen atoms in total. The number of carbonyl (C=O) groups excluding carboxylic acids is 2. The zero-order chi connectivity index (χ0) is 37.9. The van der Waals surface area contributed by atoms with E-state index in [1.165, 1.54) is 18.2 Å². The van der Waals surface area contributed by atoms with Crippen LogP contribution in [-0.2, 0) is 46.7 Å². The minimum atomic E-state index is -0.343. The highest BCUT2D eigenvalue weighted by Crippen LogP contribution is 2.26. The van der Waals surface area contributed by atoms with Gasteiger partial charge in [-0.15, -0.1) is 0 Å². The summed E-state index contributed by atoms with van der Waals surface area (Å²) in [4.78, 5) is 26.2. The van der Waals surface area contributed by atoms with Crippen molar-refractivity contribution in [2.75, 3.05) is 39.7 Å². The Morgan fingerprint density at radius 3 is 2.04 bits per heavy atom. The molecule has 0 aliphatic rings. The number of benzene rings is 4. The fourth-order valence-corrected chi connectivity index (χ4v) is 6.17. The molecule has 0 radical (unpaired) electrons. The molecule has 0 fully saturated rings. The zero-order valence-corrected chi connectivity index (χ0v) is 33.1. The molecule has 4 rings (SSSR count). The maximum Gasteiger partial charge on any atom is 0.337 e. The number of ether oxygens (including phenoxy) is 4. The van der Waals surface area contributed by atoms with Crippen LogP contribution in [0.5, 0.6) is 11.5 Å². The van der Waals surface area contributed by atoms with Crippen molar-refractivity contribution in [3.63, 3.8) is 0 Å². The van der Waals surface area contributed by atoms with Gasteiger partial charge in [0.25, 0.3) is 0 Å². The lowest BCUT2D eigenvalue weighted by molar-refractivity contribution is -0.143. The van der Waals surface area contributed by atoms with Crippen molar-refractivity contribution in [3.8, 4) is 11.5 Å². The standard InChI is InChI=1S/C45H57NO6S/c1-6-50-43(47)13-9-10-30-46(33-37-20-24-40(25-21-37)44(48)49-4)31-28-39-11-7-8-12-42(39)52-34-38-18-16-35(17-19-38)14-15-36-22-26-41(27-23-36)51-32-29-45(2,3)53-5/h7-8,11-12,16-27H,6,9-10,13-15,28-34H2,1-5H3. The molecule has 284 valence electrons. The number of aryl methyl sites for hydroxylation is 2. The van der Waals surface area contributed by atoms with Crippen molar-refractivity contribution in [1.82, 2.24) is 4.90 Å². The molecule has 0 bridgehead atoms. The van der Waals surface area contributed by atoms with Gasteiger partial charge in [0.05, 0.1) is 25.9 Å². The average Bonchev–Trinajstić information content (AvgIpc) is 3.18. The lowest BCUT2D eigenvalue weighted by atomic mass is 10.0.